The number of unbranched alkanes of at least 4 members (excludes halogenated alkanes) is 23. The zero-order chi connectivity index (χ0) is 38.2. The summed E-state index contributed by atoms with van der Waals surface area (Å²) in [6.45, 7) is 3.49. The molecule has 0 heterocycles. The molecule has 0 saturated carbocycles. The lowest BCUT2D eigenvalue weighted by atomic mass is 10.0. The molecule has 0 rings (SSSR count). The molecule has 0 aliphatic rings. The van der Waals surface area contributed by atoms with Crippen molar-refractivity contribution in [1.29, 1.82) is 0 Å². The molecule has 0 bridgehead atoms. The summed E-state index contributed by atoms with van der Waals surface area (Å²) < 4.78 is 26.8. The Balaban J connectivity index is 3.58. The highest BCUT2D eigenvalue weighted by molar-refractivity contribution is 7.47. The second kappa shape index (κ2) is 39.2. The fourth-order valence-corrected chi connectivity index (χ4v) is 6.65. The Hall–Kier alpha value is -1.51. The van der Waals surface area contributed by atoms with E-state index in [1.54, 1.807) is 0 Å². The highest BCUT2D eigenvalue weighted by Crippen LogP contribution is 2.42. The maximum Gasteiger partial charge on any atom is 0.472 e. The first-order valence-corrected chi connectivity index (χ1v) is 22.8. The average Bonchev–Trinajstić information content (AvgIpc) is 3.13. The van der Waals surface area contributed by atoms with Crippen molar-refractivity contribution in [3.05, 3.63) is 24.3 Å². The normalized spacial score (nSPS) is 13.5. The second-order valence-corrected chi connectivity index (χ2v) is 15.8. The van der Waals surface area contributed by atoms with Gasteiger partial charge in [-0.15, -0.1) is 0 Å². The fraction of sp³-hybridized carbons (Fsp3) is 0.857. The maximum atomic E-state index is 12.1. The molecular weight excluding hydrogens is 677 g/mol. The smallest absolute Gasteiger partial charge is 0.463 e. The van der Waals surface area contributed by atoms with Gasteiger partial charge in [-0.1, -0.05) is 173 Å². The van der Waals surface area contributed by atoms with Crippen LogP contribution >= 0.6 is 7.82 Å². The standard InChI is InChI=1S/C42H80NO8P/c1-3-5-7-9-11-13-15-17-18-19-20-21-23-24-26-28-30-32-34-41(45)43-36-37-50-52(47,48)51-39-40(44)38-49-42(46)35-33-31-29-27-25-22-16-14-12-10-8-6-4-2/h8,10,14,16,40,44H,3-7,9,11-13,15,17-39H2,1-2H3,(H,43,45)(H,47,48)/b10-8-,16-14-. The lowest BCUT2D eigenvalue weighted by Gasteiger charge is -2.15. The summed E-state index contributed by atoms with van der Waals surface area (Å²) in [5, 5.41) is 12.7. The Morgan fingerprint density at radius 1 is 0.596 bits per heavy atom. The summed E-state index contributed by atoms with van der Waals surface area (Å²) in [4.78, 5) is 33.8. The van der Waals surface area contributed by atoms with E-state index in [0.717, 1.165) is 70.6 Å². The van der Waals surface area contributed by atoms with Crippen LogP contribution in [0.4, 0.5) is 0 Å². The van der Waals surface area contributed by atoms with E-state index in [4.69, 9.17) is 13.8 Å². The van der Waals surface area contributed by atoms with Gasteiger partial charge in [0, 0.05) is 19.4 Å². The van der Waals surface area contributed by atoms with Crippen molar-refractivity contribution >= 4 is 19.7 Å². The van der Waals surface area contributed by atoms with Crippen LogP contribution in [-0.2, 0) is 27.9 Å². The Morgan fingerprint density at radius 3 is 1.62 bits per heavy atom. The minimum absolute atomic E-state index is 0.0833. The molecule has 0 spiro atoms. The van der Waals surface area contributed by atoms with Crippen molar-refractivity contribution in [2.75, 3.05) is 26.4 Å². The molecule has 2 unspecified atom stereocenters. The number of aliphatic hydroxyl groups is 1. The molecule has 0 aromatic rings. The first-order chi connectivity index (χ1) is 25.3. The molecule has 3 N–H and O–H groups in total. The summed E-state index contributed by atoms with van der Waals surface area (Å²) in [6.07, 6.45) is 41.1. The minimum atomic E-state index is -4.41. The molecule has 306 valence electrons. The van der Waals surface area contributed by atoms with Crippen LogP contribution in [0.5, 0.6) is 0 Å². The summed E-state index contributed by atoms with van der Waals surface area (Å²) in [6, 6.07) is 0. The monoisotopic (exact) mass is 758 g/mol. The number of nitrogens with one attached hydrogen (secondary N) is 1. The number of carbonyl (C=O) groups excluding carboxylic acids is 2. The van der Waals surface area contributed by atoms with E-state index >= 15 is 0 Å². The van der Waals surface area contributed by atoms with Gasteiger partial charge in [0.2, 0.25) is 5.91 Å². The summed E-state index contributed by atoms with van der Waals surface area (Å²) >= 11 is 0. The number of hydrogen-bond donors (Lipinski definition) is 3. The molecule has 0 saturated heterocycles. The molecule has 0 aromatic carbocycles. The van der Waals surface area contributed by atoms with E-state index in [0.29, 0.717) is 6.42 Å². The average molecular weight is 758 g/mol. The molecule has 10 heteroatoms. The summed E-state index contributed by atoms with van der Waals surface area (Å²) in [5.74, 6) is -0.525. The van der Waals surface area contributed by atoms with Crippen LogP contribution in [0, 0.1) is 0 Å². The van der Waals surface area contributed by atoms with Gasteiger partial charge in [-0.2, -0.15) is 0 Å². The van der Waals surface area contributed by atoms with Gasteiger partial charge in [0.25, 0.3) is 0 Å². The zero-order valence-electron chi connectivity index (χ0n) is 33.5. The number of ether oxygens (including phenoxy) is 1. The summed E-state index contributed by atoms with van der Waals surface area (Å²) in [7, 11) is -4.41. The molecule has 0 fully saturated rings. The second-order valence-electron chi connectivity index (χ2n) is 14.3. The number of carbonyl (C=O) groups is 2. The third-order valence-corrected chi connectivity index (χ3v) is 10.1. The van der Waals surface area contributed by atoms with Gasteiger partial charge in [-0.3, -0.25) is 18.6 Å². The molecule has 52 heavy (non-hydrogen) atoms. The van der Waals surface area contributed by atoms with Crippen LogP contribution in [-0.4, -0.2) is 54.3 Å². The third kappa shape index (κ3) is 39.7. The Labute approximate surface area is 319 Å². The molecule has 1 amide bonds. The van der Waals surface area contributed by atoms with Crippen molar-refractivity contribution < 1.29 is 37.9 Å². The van der Waals surface area contributed by atoms with E-state index in [1.165, 1.54) is 103 Å². The number of phosphoric ester groups is 1. The summed E-state index contributed by atoms with van der Waals surface area (Å²) in [5.41, 5.74) is 0. The minimum Gasteiger partial charge on any atom is -0.463 e. The van der Waals surface area contributed by atoms with Crippen molar-refractivity contribution in [1.82, 2.24) is 5.32 Å². The molecule has 0 radical (unpaired) electrons. The van der Waals surface area contributed by atoms with Crippen LogP contribution in [0.15, 0.2) is 24.3 Å². The SMILES string of the molecule is CCC/C=C\C/C=C\CCCCCCCC(=O)OCC(O)COP(=O)(O)OCCNC(=O)CCCCCCCCCCCCCCCCCCCC. The number of aliphatic hydroxyl groups excluding tert-OH is 1. The van der Waals surface area contributed by atoms with Crippen molar-refractivity contribution in [2.45, 2.75) is 206 Å². The Kier molecular flexibility index (Phi) is 38.1. The quantitative estimate of drug-likeness (QED) is 0.0244. The van der Waals surface area contributed by atoms with Crippen LogP contribution in [0.3, 0.4) is 0 Å². The molecule has 0 aromatic heterocycles. The third-order valence-electron chi connectivity index (χ3n) is 9.12. The van der Waals surface area contributed by atoms with E-state index in [-0.39, 0.29) is 32.1 Å². The van der Waals surface area contributed by atoms with E-state index < -0.39 is 26.5 Å². The van der Waals surface area contributed by atoms with Gasteiger partial charge in [0.15, 0.2) is 0 Å². The van der Waals surface area contributed by atoms with Gasteiger partial charge >= 0.3 is 13.8 Å². The highest BCUT2D eigenvalue weighted by Gasteiger charge is 2.23. The largest absolute Gasteiger partial charge is 0.472 e. The maximum absolute atomic E-state index is 12.1. The lowest BCUT2D eigenvalue weighted by molar-refractivity contribution is -0.147. The zero-order valence-corrected chi connectivity index (χ0v) is 34.4. The molecule has 0 aliphatic carbocycles. The van der Waals surface area contributed by atoms with Gasteiger partial charge in [0.05, 0.1) is 13.2 Å². The molecule has 2 atom stereocenters. The van der Waals surface area contributed by atoms with Gasteiger partial charge in [0.1, 0.15) is 12.7 Å². The predicted molar refractivity (Wildman–Crippen MR) is 215 cm³/mol. The van der Waals surface area contributed by atoms with Crippen molar-refractivity contribution in [3.8, 4) is 0 Å². The molecule has 9 nitrogen and oxygen atoms in total. The Morgan fingerprint density at radius 2 is 1.08 bits per heavy atom. The molecular formula is C42H80NO8P. The number of allylic oxidation sites excluding steroid dienone is 4. The number of hydrogen-bond acceptors (Lipinski definition) is 7. The number of phosphoric acid groups is 1. The van der Waals surface area contributed by atoms with Crippen LogP contribution in [0.1, 0.15) is 200 Å². The van der Waals surface area contributed by atoms with Gasteiger partial charge < -0.3 is 20.1 Å². The van der Waals surface area contributed by atoms with Crippen molar-refractivity contribution in [3.63, 3.8) is 0 Å². The van der Waals surface area contributed by atoms with Crippen LogP contribution < -0.4 is 5.32 Å². The van der Waals surface area contributed by atoms with Crippen LogP contribution in [0.2, 0.25) is 0 Å². The number of amides is 1. The van der Waals surface area contributed by atoms with Crippen molar-refractivity contribution in [2.24, 2.45) is 0 Å². The van der Waals surface area contributed by atoms with Crippen LogP contribution in [0.25, 0.3) is 0 Å². The first-order valence-electron chi connectivity index (χ1n) is 21.3. The number of esters is 1. The van der Waals surface area contributed by atoms with E-state index in [1.807, 2.05) is 0 Å². The fourth-order valence-electron chi connectivity index (χ4n) is 5.89. The van der Waals surface area contributed by atoms with E-state index in [9.17, 15) is 24.2 Å². The lowest BCUT2D eigenvalue weighted by Crippen LogP contribution is -2.27. The topological polar surface area (TPSA) is 131 Å². The number of rotatable bonds is 40. The highest BCUT2D eigenvalue weighted by atomic mass is 31.2. The Bertz CT molecular complexity index is 912. The first kappa shape index (κ1) is 50.5. The molecule has 0 aliphatic heterocycles. The predicted octanol–water partition coefficient (Wildman–Crippen LogP) is 11.6. The van der Waals surface area contributed by atoms with Gasteiger partial charge in [-0.05, 0) is 38.5 Å². The van der Waals surface area contributed by atoms with E-state index in [2.05, 4.69) is 43.5 Å². The van der Waals surface area contributed by atoms with Gasteiger partial charge in [-0.25, -0.2) is 4.57 Å².